The topological polar surface area (TPSA) is 51.0 Å². The Bertz CT molecular complexity index is 1050. The number of hydrogen-bond donors (Lipinski definition) is 0. The standard InChI is InChI=1S/C18H13BrF2N4/c1-18(2)8-10-9(4-3-5-11(10)19)15(23-18)17-22-13-7-6-12(20)14(21)16(13)24-25-17/h3-7H,8H2,1-2H3. The Balaban J connectivity index is 1.94. The van der Waals surface area contributed by atoms with Gasteiger partial charge in [0.05, 0.1) is 11.1 Å². The van der Waals surface area contributed by atoms with Crippen LogP contribution in [0, 0.1) is 11.6 Å². The summed E-state index contributed by atoms with van der Waals surface area (Å²) in [6, 6.07) is 8.28. The Morgan fingerprint density at radius 1 is 1.08 bits per heavy atom. The lowest BCUT2D eigenvalue weighted by atomic mass is 9.86. The van der Waals surface area contributed by atoms with Crippen LogP contribution in [0.5, 0.6) is 0 Å². The summed E-state index contributed by atoms with van der Waals surface area (Å²) in [7, 11) is 0. The van der Waals surface area contributed by atoms with E-state index in [1.165, 1.54) is 6.07 Å². The van der Waals surface area contributed by atoms with Gasteiger partial charge in [-0.15, -0.1) is 10.2 Å². The van der Waals surface area contributed by atoms with Gasteiger partial charge in [0.1, 0.15) is 5.71 Å². The van der Waals surface area contributed by atoms with E-state index in [1.54, 1.807) is 0 Å². The second-order valence-electron chi connectivity index (χ2n) is 6.58. The molecular weight excluding hydrogens is 390 g/mol. The van der Waals surface area contributed by atoms with Crippen LogP contribution in [0.25, 0.3) is 11.0 Å². The van der Waals surface area contributed by atoms with Crippen LogP contribution in [0.4, 0.5) is 8.78 Å². The Hall–Kier alpha value is -2.28. The molecule has 0 fully saturated rings. The van der Waals surface area contributed by atoms with Gasteiger partial charge in [-0.3, -0.25) is 4.99 Å². The van der Waals surface area contributed by atoms with Crippen molar-refractivity contribution in [2.75, 3.05) is 0 Å². The zero-order valence-corrected chi connectivity index (χ0v) is 15.1. The summed E-state index contributed by atoms with van der Waals surface area (Å²) in [6.45, 7) is 4.05. The van der Waals surface area contributed by atoms with E-state index in [1.807, 2.05) is 32.0 Å². The van der Waals surface area contributed by atoms with Crippen LogP contribution in [0.3, 0.4) is 0 Å². The molecule has 0 bridgehead atoms. The molecule has 3 aromatic rings. The number of fused-ring (bicyclic) bond motifs is 2. The minimum Gasteiger partial charge on any atom is -0.274 e. The second kappa shape index (κ2) is 5.62. The molecule has 7 heteroatoms. The third-order valence-corrected chi connectivity index (χ3v) is 4.87. The van der Waals surface area contributed by atoms with Crippen molar-refractivity contribution in [2.45, 2.75) is 25.8 Å². The third kappa shape index (κ3) is 2.72. The van der Waals surface area contributed by atoms with Crippen molar-refractivity contribution in [1.29, 1.82) is 0 Å². The Labute approximate surface area is 151 Å². The molecule has 0 radical (unpaired) electrons. The summed E-state index contributed by atoms with van der Waals surface area (Å²) < 4.78 is 28.2. The van der Waals surface area contributed by atoms with E-state index in [0.29, 0.717) is 11.5 Å². The zero-order valence-electron chi connectivity index (χ0n) is 13.5. The maximum Gasteiger partial charge on any atom is 0.201 e. The van der Waals surface area contributed by atoms with Gasteiger partial charge in [-0.25, -0.2) is 13.8 Å². The van der Waals surface area contributed by atoms with Gasteiger partial charge < -0.3 is 0 Å². The number of nitrogens with zero attached hydrogens (tertiary/aromatic N) is 4. The molecule has 0 atom stereocenters. The molecular formula is C18H13BrF2N4. The van der Waals surface area contributed by atoms with Crippen LogP contribution >= 0.6 is 15.9 Å². The van der Waals surface area contributed by atoms with Crippen LogP contribution in [0.1, 0.15) is 30.8 Å². The second-order valence-corrected chi connectivity index (χ2v) is 7.43. The van der Waals surface area contributed by atoms with E-state index in [-0.39, 0.29) is 16.6 Å². The molecule has 2 heterocycles. The predicted octanol–water partition coefficient (Wildman–Crippen LogP) is 4.24. The molecule has 1 aromatic heterocycles. The van der Waals surface area contributed by atoms with Gasteiger partial charge in [0.15, 0.2) is 17.2 Å². The van der Waals surface area contributed by atoms with Crippen molar-refractivity contribution < 1.29 is 8.78 Å². The Morgan fingerprint density at radius 3 is 2.68 bits per heavy atom. The van der Waals surface area contributed by atoms with E-state index in [2.05, 4.69) is 31.1 Å². The van der Waals surface area contributed by atoms with Gasteiger partial charge in [0.2, 0.25) is 5.82 Å². The number of aliphatic imine (C=N–C) groups is 1. The number of rotatable bonds is 1. The van der Waals surface area contributed by atoms with Gasteiger partial charge in [-0.05, 0) is 44.0 Å². The monoisotopic (exact) mass is 402 g/mol. The van der Waals surface area contributed by atoms with E-state index < -0.39 is 11.6 Å². The fraction of sp³-hybridized carbons (Fsp3) is 0.222. The van der Waals surface area contributed by atoms with E-state index in [0.717, 1.165) is 28.1 Å². The average molecular weight is 403 g/mol. The van der Waals surface area contributed by atoms with Crippen molar-refractivity contribution in [2.24, 2.45) is 4.99 Å². The lowest BCUT2D eigenvalue weighted by Crippen LogP contribution is -2.30. The van der Waals surface area contributed by atoms with Gasteiger partial charge >= 0.3 is 0 Å². The minimum absolute atomic E-state index is 0.186. The van der Waals surface area contributed by atoms with Crippen LogP contribution in [0.2, 0.25) is 0 Å². The smallest absolute Gasteiger partial charge is 0.201 e. The van der Waals surface area contributed by atoms with Gasteiger partial charge in [0.25, 0.3) is 0 Å². The molecule has 0 aliphatic carbocycles. The van der Waals surface area contributed by atoms with E-state index in [4.69, 9.17) is 4.99 Å². The predicted molar refractivity (Wildman–Crippen MR) is 94.8 cm³/mol. The van der Waals surface area contributed by atoms with Gasteiger partial charge in [0, 0.05) is 10.0 Å². The molecule has 0 N–H and O–H groups in total. The summed E-state index contributed by atoms with van der Waals surface area (Å²) in [5.74, 6) is -1.72. The largest absolute Gasteiger partial charge is 0.274 e. The molecule has 25 heavy (non-hydrogen) atoms. The van der Waals surface area contributed by atoms with E-state index >= 15 is 0 Å². The third-order valence-electron chi connectivity index (χ3n) is 4.13. The highest BCUT2D eigenvalue weighted by Crippen LogP contribution is 2.33. The van der Waals surface area contributed by atoms with Crippen LogP contribution in [0.15, 0.2) is 39.8 Å². The highest BCUT2D eigenvalue weighted by atomic mass is 79.9. The first-order valence-corrected chi connectivity index (χ1v) is 8.51. The van der Waals surface area contributed by atoms with Crippen LogP contribution in [-0.2, 0) is 6.42 Å². The first kappa shape index (κ1) is 16.2. The molecule has 1 aliphatic heterocycles. The maximum absolute atomic E-state index is 13.8. The van der Waals surface area contributed by atoms with Crippen molar-refractivity contribution in [3.63, 3.8) is 0 Å². The SMILES string of the molecule is CC1(C)Cc2c(Br)cccc2C(c2nnc3c(F)c(F)ccc3n2)=N1. The maximum atomic E-state index is 13.8. The number of hydrogen-bond acceptors (Lipinski definition) is 4. The minimum atomic E-state index is -1.04. The van der Waals surface area contributed by atoms with Crippen LogP contribution in [-0.4, -0.2) is 26.4 Å². The molecule has 0 saturated carbocycles. The molecule has 2 aromatic carbocycles. The van der Waals surface area contributed by atoms with Crippen LogP contribution < -0.4 is 0 Å². The molecule has 0 saturated heterocycles. The highest BCUT2D eigenvalue weighted by Gasteiger charge is 2.30. The number of benzene rings is 2. The van der Waals surface area contributed by atoms with Crippen molar-refractivity contribution in [3.8, 4) is 0 Å². The first-order valence-electron chi connectivity index (χ1n) is 7.72. The molecule has 0 amide bonds. The zero-order chi connectivity index (χ0) is 17.8. The molecule has 0 spiro atoms. The fourth-order valence-corrected chi connectivity index (χ4v) is 3.52. The normalized spacial score (nSPS) is 15.8. The van der Waals surface area contributed by atoms with Gasteiger partial charge in [-0.1, -0.05) is 28.1 Å². The summed E-state index contributed by atoms with van der Waals surface area (Å²) >= 11 is 3.59. The summed E-state index contributed by atoms with van der Waals surface area (Å²) in [4.78, 5) is 9.15. The van der Waals surface area contributed by atoms with Crippen molar-refractivity contribution >= 4 is 32.7 Å². The quantitative estimate of drug-likeness (QED) is 0.611. The Morgan fingerprint density at radius 2 is 1.88 bits per heavy atom. The highest BCUT2D eigenvalue weighted by molar-refractivity contribution is 9.10. The molecule has 0 unspecified atom stereocenters. The van der Waals surface area contributed by atoms with E-state index in [9.17, 15) is 8.78 Å². The lowest BCUT2D eigenvalue weighted by molar-refractivity contribution is 0.511. The summed E-state index contributed by atoms with van der Waals surface area (Å²) in [6.07, 6.45) is 0.772. The number of aromatic nitrogens is 3. The molecule has 4 rings (SSSR count). The Kier molecular flexibility index (Phi) is 3.64. The fourth-order valence-electron chi connectivity index (χ4n) is 3.01. The molecule has 126 valence electrons. The molecule has 1 aliphatic rings. The van der Waals surface area contributed by atoms with Crippen molar-refractivity contribution in [1.82, 2.24) is 15.2 Å². The van der Waals surface area contributed by atoms with Gasteiger partial charge in [-0.2, -0.15) is 0 Å². The average Bonchev–Trinajstić information content (AvgIpc) is 2.58. The number of halogens is 3. The summed E-state index contributed by atoms with van der Waals surface area (Å²) in [5, 5.41) is 7.85. The van der Waals surface area contributed by atoms with Crippen molar-refractivity contribution in [3.05, 3.63) is 63.4 Å². The lowest BCUT2D eigenvalue weighted by Gasteiger charge is -2.29. The summed E-state index contributed by atoms with van der Waals surface area (Å²) in [5.41, 5.74) is 2.36. The molecule has 4 nitrogen and oxygen atoms in total. The first-order chi connectivity index (χ1) is 11.9.